The van der Waals surface area contributed by atoms with Crippen LogP contribution in [0.1, 0.15) is 42.5 Å². The number of hydrazine groups is 1. The molecule has 0 atom stereocenters. The summed E-state index contributed by atoms with van der Waals surface area (Å²) >= 11 is 6.04. The van der Waals surface area contributed by atoms with Crippen LogP contribution in [0, 0.1) is 13.8 Å². The fourth-order valence-corrected chi connectivity index (χ4v) is 4.22. The molecule has 0 unspecified atom stereocenters. The topological polar surface area (TPSA) is 113 Å². The normalized spacial score (nSPS) is 11.9. The molecule has 1 aromatic heterocycles. The molecular weight excluding hydrogens is 390 g/mol. The largest absolute Gasteiger partial charge is 0.269 e. The highest BCUT2D eigenvalue weighted by Gasteiger charge is 2.25. The molecule has 10 heteroatoms. The summed E-state index contributed by atoms with van der Waals surface area (Å²) in [6.07, 6.45) is 0. The van der Waals surface area contributed by atoms with Crippen LogP contribution in [-0.4, -0.2) is 29.8 Å². The quantitative estimate of drug-likeness (QED) is 0.651. The van der Waals surface area contributed by atoms with E-state index < -0.39 is 21.5 Å². The van der Waals surface area contributed by atoms with Crippen molar-refractivity contribution in [2.24, 2.45) is 0 Å². The lowest BCUT2D eigenvalue weighted by atomic mass is 10.1. The first-order chi connectivity index (χ1) is 12.4. The maximum atomic E-state index is 12.5. The van der Waals surface area contributed by atoms with Crippen LogP contribution < -0.4 is 15.6 Å². The highest BCUT2D eigenvalue weighted by molar-refractivity contribution is 7.89. The minimum atomic E-state index is -3.89. The summed E-state index contributed by atoms with van der Waals surface area (Å²) < 4.78 is 27.6. The molecule has 0 aliphatic carbocycles. The highest BCUT2D eigenvalue weighted by Crippen LogP contribution is 2.24. The molecule has 0 spiro atoms. The lowest BCUT2D eigenvalue weighted by Gasteiger charge is -2.21. The zero-order valence-corrected chi connectivity index (χ0v) is 17.3. The van der Waals surface area contributed by atoms with Crippen LogP contribution in [0.2, 0.25) is 5.02 Å². The predicted octanol–water partition coefficient (Wildman–Crippen LogP) is 2.58. The predicted molar refractivity (Wildman–Crippen MR) is 104 cm³/mol. The SMILES string of the molecule is Cc1cc(C)nc(NNC(=O)c2ccc(Cl)c(S(=O)(=O)NC(C)(C)C)c2)n1. The summed E-state index contributed by atoms with van der Waals surface area (Å²) in [5.41, 5.74) is 5.97. The lowest BCUT2D eigenvalue weighted by molar-refractivity contribution is 0.0962. The van der Waals surface area contributed by atoms with Crippen molar-refractivity contribution in [3.05, 3.63) is 46.2 Å². The second kappa shape index (κ2) is 7.79. The molecule has 0 bridgehead atoms. The molecule has 3 N–H and O–H groups in total. The van der Waals surface area contributed by atoms with Crippen molar-refractivity contribution in [1.29, 1.82) is 0 Å². The van der Waals surface area contributed by atoms with Gasteiger partial charge in [0.15, 0.2) is 0 Å². The number of nitrogens with zero attached hydrogens (tertiary/aromatic N) is 2. The van der Waals surface area contributed by atoms with E-state index in [0.717, 1.165) is 11.4 Å². The summed E-state index contributed by atoms with van der Waals surface area (Å²) in [6.45, 7) is 8.74. The molecule has 2 aromatic rings. The second-order valence-electron chi connectivity index (χ2n) is 7.05. The summed E-state index contributed by atoms with van der Waals surface area (Å²) in [4.78, 5) is 20.5. The Bertz CT molecular complexity index is 951. The first kappa shape index (κ1) is 21.1. The summed E-state index contributed by atoms with van der Waals surface area (Å²) in [5.74, 6) is -0.321. The van der Waals surface area contributed by atoms with Gasteiger partial charge in [-0.1, -0.05) is 11.6 Å². The number of anilines is 1. The first-order valence-corrected chi connectivity index (χ1v) is 9.96. The molecule has 0 saturated heterocycles. The van der Waals surface area contributed by atoms with Crippen molar-refractivity contribution < 1.29 is 13.2 Å². The third kappa shape index (κ3) is 5.88. The molecule has 0 radical (unpaired) electrons. The van der Waals surface area contributed by atoms with Crippen LogP contribution in [0.3, 0.4) is 0 Å². The number of carbonyl (C=O) groups excluding carboxylic acids is 1. The molecule has 8 nitrogen and oxygen atoms in total. The fourth-order valence-electron chi connectivity index (χ4n) is 2.28. The van der Waals surface area contributed by atoms with E-state index in [1.807, 2.05) is 0 Å². The Balaban J connectivity index is 2.22. The monoisotopic (exact) mass is 411 g/mol. The zero-order chi connectivity index (χ0) is 20.4. The number of benzene rings is 1. The van der Waals surface area contributed by atoms with Gasteiger partial charge in [0, 0.05) is 22.5 Å². The molecular formula is C17H22ClN5O3S. The van der Waals surface area contributed by atoms with Gasteiger partial charge in [-0.25, -0.2) is 23.1 Å². The van der Waals surface area contributed by atoms with Gasteiger partial charge in [0.1, 0.15) is 4.90 Å². The van der Waals surface area contributed by atoms with Gasteiger partial charge in [-0.3, -0.25) is 15.6 Å². The lowest BCUT2D eigenvalue weighted by Crippen LogP contribution is -2.40. The molecule has 1 amide bonds. The van der Waals surface area contributed by atoms with Gasteiger partial charge in [-0.2, -0.15) is 0 Å². The second-order valence-corrected chi connectivity index (χ2v) is 9.11. The number of halogens is 1. The van der Waals surface area contributed by atoms with Crippen molar-refractivity contribution in [1.82, 2.24) is 20.1 Å². The van der Waals surface area contributed by atoms with E-state index >= 15 is 0 Å². The number of aryl methyl sites for hydroxylation is 2. The minimum Gasteiger partial charge on any atom is -0.267 e. The molecule has 0 saturated carbocycles. The van der Waals surface area contributed by atoms with Gasteiger partial charge in [0.05, 0.1) is 5.02 Å². The van der Waals surface area contributed by atoms with E-state index in [9.17, 15) is 13.2 Å². The molecule has 2 rings (SSSR count). The smallest absolute Gasteiger partial charge is 0.267 e. The summed E-state index contributed by atoms with van der Waals surface area (Å²) in [5, 5.41) is 0.0221. The number of hydrogen-bond acceptors (Lipinski definition) is 6. The highest BCUT2D eigenvalue weighted by atomic mass is 35.5. The Morgan fingerprint density at radius 1 is 1.07 bits per heavy atom. The van der Waals surface area contributed by atoms with Crippen LogP contribution in [-0.2, 0) is 10.0 Å². The van der Waals surface area contributed by atoms with Crippen LogP contribution >= 0.6 is 11.6 Å². The Hall–Kier alpha value is -2.23. The van der Waals surface area contributed by atoms with Gasteiger partial charge in [-0.15, -0.1) is 0 Å². The minimum absolute atomic E-state index is 0.0221. The van der Waals surface area contributed by atoms with Crippen molar-refractivity contribution in [3.63, 3.8) is 0 Å². The zero-order valence-electron chi connectivity index (χ0n) is 15.7. The molecule has 1 heterocycles. The number of rotatable bonds is 5. The standard InChI is InChI=1S/C17H22ClN5O3S/c1-10-8-11(2)20-16(19-10)22-21-15(24)12-6-7-13(18)14(9-12)27(25,26)23-17(3,4)5/h6-9,23H,1-5H3,(H,21,24)(H,19,20,22). The Labute approximate surface area is 163 Å². The molecule has 27 heavy (non-hydrogen) atoms. The van der Waals surface area contributed by atoms with E-state index in [0.29, 0.717) is 0 Å². The number of carbonyl (C=O) groups is 1. The van der Waals surface area contributed by atoms with Gasteiger partial charge in [0.25, 0.3) is 5.91 Å². The number of amides is 1. The van der Waals surface area contributed by atoms with E-state index in [1.54, 1.807) is 40.7 Å². The number of nitrogens with one attached hydrogen (secondary N) is 3. The molecule has 0 aliphatic heterocycles. The van der Waals surface area contributed by atoms with Crippen LogP contribution in [0.25, 0.3) is 0 Å². The molecule has 0 fully saturated rings. The Morgan fingerprint density at radius 3 is 2.22 bits per heavy atom. The molecule has 0 aliphatic rings. The van der Waals surface area contributed by atoms with Gasteiger partial charge < -0.3 is 0 Å². The van der Waals surface area contributed by atoms with E-state index in [2.05, 4.69) is 25.5 Å². The molecule has 146 valence electrons. The van der Waals surface area contributed by atoms with Gasteiger partial charge in [0.2, 0.25) is 16.0 Å². The van der Waals surface area contributed by atoms with Gasteiger partial charge >= 0.3 is 0 Å². The van der Waals surface area contributed by atoms with Crippen LogP contribution in [0.5, 0.6) is 0 Å². The van der Waals surface area contributed by atoms with Crippen molar-refractivity contribution in [2.45, 2.75) is 45.1 Å². The average Bonchev–Trinajstić information content (AvgIpc) is 2.49. The summed E-state index contributed by atoms with van der Waals surface area (Å²) in [7, 11) is -3.89. The third-order valence-corrected chi connectivity index (χ3v) is 5.43. The van der Waals surface area contributed by atoms with Crippen LogP contribution in [0.15, 0.2) is 29.2 Å². The van der Waals surface area contributed by atoms with E-state index in [4.69, 9.17) is 11.6 Å². The van der Waals surface area contributed by atoms with Crippen molar-refractivity contribution in [3.8, 4) is 0 Å². The van der Waals surface area contributed by atoms with E-state index in [-0.39, 0.29) is 21.4 Å². The Morgan fingerprint density at radius 2 is 1.67 bits per heavy atom. The molecule has 1 aromatic carbocycles. The number of aromatic nitrogens is 2. The number of hydrogen-bond donors (Lipinski definition) is 3. The maximum absolute atomic E-state index is 12.5. The maximum Gasteiger partial charge on any atom is 0.269 e. The van der Waals surface area contributed by atoms with Crippen LogP contribution in [0.4, 0.5) is 5.95 Å². The Kier molecular flexibility index (Phi) is 6.08. The van der Waals surface area contributed by atoms with E-state index in [1.165, 1.54) is 18.2 Å². The van der Waals surface area contributed by atoms with Crippen molar-refractivity contribution >= 4 is 33.5 Å². The number of sulfonamides is 1. The third-order valence-electron chi connectivity index (χ3n) is 3.19. The van der Waals surface area contributed by atoms with Crippen molar-refractivity contribution in [2.75, 3.05) is 5.43 Å². The fraction of sp³-hybridized carbons (Fsp3) is 0.353. The average molecular weight is 412 g/mol. The van der Waals surface area contributed by atoms with Gasteiger partial charge in [-0.05, 0) is 58.9 Å². The summed E-state index contributed by atoms with van der Waals surface area (Å²) in [6, 6.07) is 5.81. The first-order valence-electron chi connectivity index (χ1n) is 8.09.